The lowest BCUT2D eigenvalue weighted by Crippen LogP contribution is -1.79. The van der Waals surface area contributed by atoms with Crippen LogP contribution in [0.2, 0.25) is 0 Å². The molecule has 2 aromatic carbocycles. The molecule has 0 fully saturated rings. The minimum Gasteiger partial charge on any atom is -0.497 e. The molecule has 0 atom stereocenters. The van der Waals surface area contributed by atoms with E-state index in [0.717, 1.165) is 22.0 Å². The summed E-state index contributed by atoms with van der Waals surface area (Å²) in [5.41, 5.74) is 1.54. The Morgan fingerprint density at radius 3 is 2.29 bits per heavy atom. The monoisotopic (exact) mass is 244 g/mol. The predicted octanol–water partition coefficient (Wildman–Crippen LogP) is 4.40. The summed E-state index contributed by atoms with van der Waals surface area (Å²) in [5, 5.41) is 8.27. The highest BCUT2D eigenvalue weighted by molar-refractivity contribution is 7.80. The standard InChI is InChI=1S/C13H12N2OS/c1-16-11-8-6-10(7-9-11)14-15-12-4-2-3-5-13(12)17/h2-9,17H,1H3. The van der Waals surface area contributed by atoms with E-state index in [1.165, 1.54) is 0 Å². The van der Waals surface area contributed by atoms with E-state index in [4.69, 9.17) is 4.74 Å². The molecule has 0 aliphatic heterocycles. The Morgan fingerprint density at radius 2 is 1.65 bits per heavy atom. The van der Waals surface area contributed by atoms with Crippen molar-refractivity contribution in [3.8, 4) is 5.75 Å². The van der Waals surface area contributed by atoms with Crippen LogP contribution in [0.4, 0.5) is 11.4 Å². The first-order chi connectivity index (χ1) is 8.29. The molecule has 86 valence electrons. The van der Waals surface area contributed by atoms with E-state index in [0.29, 0.717) is 0 Å². The fraction of sp³-hybridized carbons (Fsp3) is 0.0769. The average Bonchev–Trinajstić information content (AvgIpc) is 2.38. The molecule has 0 heterocycles. The molecule has 0 amide bonds. The Bertz CT molecular complexity index is 523. The first kappa shape index (κ1) is 11.7. The number of hydrogen-bond donors (Lipinski definition) is 1. The van der Waals surface area contributed by atoms with Crippen molar-refractivity contribution in [1.29, 1.82) is 0 Å². The van der Waals surface area contributed by atoms with Gasteiger partial charge >= 0.3 is 0 Å². The molecule has 0 N–H and O–H groups in total. The van der Waals surface area contributed by atoms with E-state index < -0.39 is 0 Å². The van der Waals surface area contributed by atoms with Gasteiger partial charge in [0.1, 0.15) is 5.75 Å². The van der Waals surface area contributed by atoms with Gasteiger partial charge in [0.15, 0.2) is 0 Å². The lowest BCUT2D eigenvalue weighted by molar-refractivity contribution is 0.415. The van der Waals surface area contributed by atoms with Crippen molar-refractivity contribution in [2.24, 2.45) is 10.2 Å². The maximum Gasteiger partial charge on any atom is 0.119 e. The molecule has 2 aromatic rings. The quantitative estimate of drug-likeness (QED) is 0.630. The van der Waals surface area contributed by atoms with Gasteiger partial charge in [-0.2, -0.15) is 5.11 Å². The molecule has 4 heteroatoms. The summed E-state index contributed by atoms with van der Waals surface area (Å²) in [6, 6.07) is 15.0. The Morgan fingerprint density at radius 1 is 0.941 bits per heavy atom. The predicted molar refractivity (Wildman–Crippen MR) is 70.9 cm³/mol. The van der Waals surface area contributed by atoms with Crippen molar-refractivity contribution in [2.75, 3.05) is 7.11 Å². The van der Waals surface area contributed by atoms with Crippen LogP contribution in [0.5, 0.6) is 5.75 Å². The van der Waals surface area contributed by atoms with Crippen molar-refractivity contribution in [1.82, 2.24) is 0 Å². The van der Waals surface area contributed by atoms with Gasteiger partial charge in [-0.05, 0) is 36.4 Å². The van der Waals surface area contributed by atoms with Gasteiger partial charge in [0.2, 0.25) is 0 Å². The van der Waals surface area contributed by atoms with E-state index in [1.807, 2.05) is 48.5 Å². The van der Waals surface area contributed by atoms with Crippen LogP contribution in [-0.4, -0.2) is 7.11 Å². The zero-order chi connectivity index (χ0) is 12.1. The van der Waals surface area contributed by atoms with Crippen LogP contribution in [0.25, 0.3) is 0 Å². The molecule has 0 spiro atoms. The maximum absolute atomic E-state index is 5.07. The van der Waals surface area contributed by atoms with Crippen molar-refractivity contribution in [3.63, 3.8) is 0 Å². The smallest absolute Gasteiger partial charge is 0.119 e. The summed E-state index contributed by atoms with van der Waals surface area (Å²) in [6.45, 7) is 0. The van der Waals surface area contributed by atoms with Gasteiger partial charge in [-0.3, -0.25) is 0 Å². The fourth-order valence-corrected chi connectivity index (χ4v) is 1.51. The van der Waals surface area contributed by atoms with Gasteiger partial charge in [0.05, 0.1) is 18.5 Å². The zero-order valence-electron chi connectivity index (χ0n) is 9.37. The van der Waals surface area contributed by atoms with Crippen LogP contribution in [0, 0.1) is 0 Å². The van der Waals surface area contributed by atoms with Crippen LogP contribution in [-0.2, 0) is 0 Å². The average molecular weight is 244 g/mol. The Balaban J connectivity index is 2.17. The van der Waals surface area contributed by atoms with Crippen LogP contribution in [0.3, 0.4) is 0 Å². The molecular weight excluding hydrogens is 232 g/mol. The number of benzene rings is 2. The van der Waals surface area contributed by atoms with Crippen molar-refractivity contribution in [2.45, 2.75) is 4.90 Å². The number of ether oxygens (including phenoxy) is 1. The third-order valence-corrected chi connectivity index (χ3v) is 2.61. The molecule has 0 bridgehead atoms. The number of nitrogens with zero attached hydrogens (tertiary/aromatic N) is 2. The summed E-state index contributed by atoms with van der Waals surface area (Å²) in [4.78, 5) is 0.810. The van der Waals surface area contributed by atoms with E-state index in [9.17, 15) is 0 Å². The Labute approximate surface area is 106 Å². The lowest BCUT2D eigenvalue weighted by atomic mass is 10.3. The molecule has 17 heavy (non-hydrogen) atoms. The Hall–Kier alpha value is -1.81. The van der Waals surface area contributed by atoms with Crippen molar-refractivity contribution in [3.05, 3.63) is 48.5 Å². The summed E-state index contributed by atoms with van der Waals surface area (Å²) in [7, 11) is 1.63. The van der Waals surface area contributed by atoms with Crippen LogP contribution in [0.15, 0.2) is 63.7 Å². The molecule has 0 saturated carbocycles. The van der Waals surface area contributed by atoms with E-state index in [2.05, 4.69) is 22.9 Å². The largest absolute Gasteiger partial charge is 0.497 e. The van der Waals surface area contributed by atoms with Gasteiger partial charge in [-0.15, -0.1) is 17.7 Å². The van der Waals surface area contributed by atoms with Gasteiger partial charge < -0.3 is 4.74 Å². The molecule has 0 aliphatic carbocycles. The second kappa shape index (κ2) is 5.50. The second-order valence-electron chi connectivity index (χ2n) is 3.39. The summed E-state index contributed by atoms with van der Waals surface area (Å²) in [6.07, 6.45) is 0. The highest BCUT2D eigenvalue weighted by Gasteiger charge is 1.95. The van der Waals surface area contributed by atoms with Gasteiger partial charge in [-0.25, -0.2) is 0 Å². The molecule has 0 radical (unpaired) electrons. The molecule has 0 saturated heterocycles. The highest BCUT2D eigenvalue weighted by atomic mass is 32.1. The summed E-state index contributed by atoms with van der Waals surface area (Å²) >= 11 is 4.30. The SMILES string of the molecule is COc1ccc(N=Nc2ccccc2S)cc1. The molecule has 3 nitrogen and oxygen atoms in total. The minimum absolute atomic E-state index is 0.756. The van der Waals surface area contributed by atoms with Crippen LogP contribution < -0.4 is 4.74 Å². The topological polar surface area (TPSA) is 34.0 Å². The van der Waals surface area contributed by atoms with Gasteiger partial charge in [0.25, 0.3) is 0 Å². The number of thiol groups is 1. The molecule has 0 aliphatic rings. The lowest BCUT2D eigenvalue weighted by Gasteiger charge is -1.99. The summed E-state index contributed by atoms with van der Waals surface area (Å²) < 4.78 is 5.07. The first-order valence-electron chi connectivity index (χ1n) is 5.13. The summed E-state index contributed by atoms with van der Waals surface area (Å²) in [5.74, 6) is 0.804. The number of rotatable bonds is 3. The van der Waals surface area contributed by atoms with Crippen LogP contribution in [0.1, 0.15) is 0 Å². The minimum atomic E-state index is 0.756. The number of azo groups is 1. The van der Waals surface area contributed by atoms with E-state index >= 15 is 0 Å². The maximum atomic E-state index is 5.07. The number of hydrogen-bond acceptors (Lipinski definition) is 4. The van der Waals surface area contributed by atoms with Crippen LogP contribution >= 0.6 is 12.6 Å². The second-order valence-corrected chi connectivity index (χ2v) is 3.87. The molecule has 0 aromatic heterocycles. The third kappa shape index (κ3) is 3.07. The highest BCUT2D eigenvalue weighted by Crippen LogP contribution is 2.25. The third-order valence-electron chi connectivity index (χ3n) is 2.23. The van der Waals surface area contributed by atoms with Crippen molar-refractivity contribution < 1.29 is 4.74 Å². The molecule has 0 unspecified atom stereocenters. The van der Waals surface area contributed by atoms with Crippen molar-refractivity contribution >= 4 is 24.0 Å². The Kier molecular flexibility index (Phi) is 3.77. The van der Waals surface area contributed by atoms with Gasteiger partial charge in [-0.1, -0.05) is 12.1 Å². The molecular formula is C13H12N2OS. The zero-order valence-corrected chi connectivity index (χ0v) is 10.3. The first-order valence-corrected chi connectivity index (χ1v) is 5.58. The number of methoxy groups -OCH3 is 1. The van der Waals surface area contributed by atoms with Gasteiger partial charge in [0, 0.05) is 4.90 Å². The normalized spacial score (nSPS) is 10.7. The fourth-order valence-electron chi connectivity index (χ4n) is 1.31. The van der Waals surface area contributed by atoms with E-state index in [-0.39, 0.29) is 0 Å². The van der Waals surface area contributed by atoms with E-state index in [1.54, 1.807) is 7.11 Å². The molecule has 2 rings (SSSR count).